The lowest BCUT2D eigenvalue weighted by Gasteiger charge is -2.08. The zero-order valence-corrected chi connectivity index (χ0v) is 14.6. The number of ether oxygens (including phenoxy) is 2. The predicted octanol–water partition coefficient (Wildman–Crippen LogP) is 3.99. The molecule has 0 unspecified atom stereocenters. The lowest BCUT2D eigenvalue weighted by Crippen LogP contribution is -1.99. The number of aromatic nitrogens is 2. The van der Waals surface area contributed by atoms with Crippen molar-refractivity contribution >= 4 is 21.6 Å². The van der Waals surface area contributed by atoms with Gasteiger partial charge in [-0.15, -0.1) is 0 Å². The summed E-state index contributed by atoms with van der Waals surface area (Å²) in [5.74, 6) is 1.26. The highest BCUT2D eigenvalue weighted by atomic mass is 79.9. The van der Waals surface area contributed by atoms with Gasteiger partial charge in [0.2, 0.25) is 5.82 Å². The van der Waals surface area contributed by atoms with E-state index in [0.717, 1.165) is 10.0 Å². The largest absolute Gasteiger partial charge is 0.493 e. The summed E-state index contributed by atoms with van der Waals surface area (Å²) in [6, 6.07) is 11.5. The average Bonchev–Trinajstić information content (AvgIpc) is 3.08. The number of halogens is 1. The summed E-state index contributed by atoms with van der Waals surface area (Å²) >= 11 is 3.38. The van der Waals surface area contributed by atoms with Crippen molar-refractivity contribution in [3.05, 3.63) is 62.9 Å². The van der Waals surface area contributed by atoms with Crippen LogP contribution in [0.1, 0.15) is 5.89 Å². The van der Waals surface area contributed by atoms with Crippen molar-refractivity contribution in [1.82, 2.24) is 10.1 Å². The topological polar surface area (TPSA) is 101 Å². The van der Waals surface area contributed by atoms with E-state index >= 15 is 0 Å². The Bertz CT molecular complexity index is 912. The Morgan fingerprint density at radius 3 is 2.80 bits per heavy atom. The number of nitrogens with zero attached hydrogens (tertiary/aromatic N) is 3. The molecule has 0 saturated heterocycles. The first-order chi connectivity index (χ1) is 12.1. The third-order valence-electron chi connectivity index (χ3n) is 3.26. The van der Waals surface area contributed by atoms with Crippen LogP contribution in [0.25, 0.3) is 11.4 Å². The molecule has 0 aliphatic carbocycles. The minimum Gasteiger partial charge on any atom is -0.493 e. The van der Waals surface area contributed by atoms with E-state index in [4.69, 9.17) is 14.0 Å². The molecule has 8 nitrogen and oxygen atoms in total. The quantitative estimate of drug-likeness (QED) is 0.451. The number of hydrogen-bond acceptors (Lipinski definition) is 7. The van der Waals surface area contributed by atoms with Gasteiger partial charge in [0.05, 0.1) is 18.1 Å². The van der Waals surface area contributed by atoms with Crippen LogP contribution in [0.15, 0.2) is 51.5 Å². The predicted molar refractivity (Wildman–Crippen MR) is 91.4 cm³/mol. The Morgan fingerprint density at radius 1 is 1.24 bits per heavy atom. The molecule has 1 aromatic heterocycles. The van der Waals surface area contributed by atoms with Gasteiger partial charge in [0.15, 0.2) is 18.1 Å². The molecule has 3 aromatic rings. The van der Waals surface area contributed by atoms with Crippen molar-refractivity contribution in [1.29, 1.82) is 0 Å². The molecule has 0 spiro atoms. The zero-order chi connectivity index (χ0) is 17.8. The van der Waals surface area contributed by atoms with Gasteiger partial charge in [0.25, 0.3) is 11.6 Å². The first-order valence-corrected chi connectivity index (χ1v) is 7.90. The minimum absolute atomic E-state index is 0.0431. The van der Waals surface area contributed by atoms with Crippen LogP contribution in [-0.4, -0.2) is 22.2 Å². The Labute approximate surface area is 150 Å². The molecule has 25 heavy (non-hydrogen) atoms. The molecule has 0 radical (unpaired) electrons. The van der Waals surface area contributed by atoms with Crippen molar-refractivity contribution in [3.8, 4) is 22.9 Å². The standard InChI is InChI=1S/C16H12BrN3O5/c1-23-13-6-5-12(20(21)22)8-14(13)24-9-15-18-16(19-25-15)10-3-2-4-11(17)7-10/h2-8H,9H2,1H3. The fourth-order valence-corrected chi connectivity index (χ4v) is 2.49. The van der Waals surface area contributed by atoms with Gasteiger partial charge in [-0.3, -0.25) is 10.1 Å². The Balaban J connectivity index is 1.76. The molecule has 0 aliphatic rings. The van der Waals surface area contributed by atoms with E-state index in [1.165, 1.54) is 25.3 Å². The van der Waals surface area contributed by atoms with E-state index in [2.05, 4.69) is 26.1 Å². The van der Waals surface area contributed by atoms with Crippen molar-refractivity contribution in [2.24, 2.45) is 0 Å². The van der Waals surface area contributed by atoms with E-state index in [9.17, 15) is 10.1 Å². The van der Waals surface area contributed by atoms with Gasteiger partial charge in [-0.25, -0.2) is 0 Å². The Morgan fingerprint density at radius 2 is 2.08 bits per heavy atom. The molecular formula is C16H12BrN3O5. The second-order valence-corrected chi connectivity index (χ2v) is 5.82. The van der Waals surface area contributed by atoms with Gasteiger partial charge in [0.1, 0.15) is 0 Å². The summed E-state index contributed by atoms with van der Waals surface area (Å²) in [6.07, 6.45) is 0. The van der Waals surface area contributed by atoms with Gasteiger partial charge in [0, 0.05) is 16.1 Å². The first kappa shape index (κ1) is 16.9. The summed E-state index contributed by atoms with van der Waals surface area (Å²) < 4.78 is 16.7. The molecule has 0 amide bonds. The van der Waals surface area contributed by atoms with Gasteiger partial charge >= 0.3 is 0 Å². The van der Waals surface area contributed by atoms with Crippen molar-refractivity contribution in [3.63, 3.8) is 0 Å². The molecule has 128 valence electrons. The smallest absolute Gasteiger partial charge is 0.273 e. The molecule has 0 saturated carbocycles. The third kappa shape index (κ3) is 3.94. The maximum absolute atomic E-state index is 10.9. The summed E-state index contributed by atoms with van der Waals surface area (Å²) in [5, 5.41) is 14.8. The average molecular weight is 406 g/mol. The fraction of sp³-hybridized carbons (Fsp3) is 0.125. The van der Waals surface area contributed by atoms with Gasteiger partial charge in [-0.1, -0.05) is 33.2 Å². The SMILES string of the molecule is COc1ccc([N+](=O)[O-])cc1OCc1nc(-c2cccc(Br)c2)no1. The number of methoxy groups -OCH3 is 1. The second-order valence-electron chi connectivity index (χ2n) is 4.90. The molecule has 0 bridgehead atoms. The lowest BCUT2D eigenvalue weighted by atomic mass is 10.2. The van der Waals surface area contributed by atoms with E-state index in [-0.39, 0.29) is 23.9 Å². The van der Waals surface area contributed by atoms with Crippen LogP contribution >= 0.6 is 15.9 Å². The van der Waals surface area contributed by atoms with Crippen molar-refractivity contribution in [2.75, 3.05) is 7.11 Å². The summed E-state index contributed by atoms with van der Waals surface area (Å²) in [4.78, 5) is 14.6. The molecule has 9 heteroatoms. The molecule has 0 fully saturated rings. The number of hydrogen-bond donors (Lipinski definition) is 0. The van der Waals surface area contributed by atoms with Gasteiger partial charge in [-0.05, 0) is 18.2 Å². The van der Waals surface area contributed by atoms with Gasteiger partial charge < -0.3 is 14.0 Å². The monoisotopic (exact) mass is 405 g/mol. The van der Waals surface area contributed by atoms with E-state index in [1.54, 1.807) is 0 Å². The number of nitro groups is 1. The van der Waals surface area contributed by atoms with E-state index in [0.29, 0.717) is 11.6 Å². The molecule has 3 rings (SSSR count). The molecule has 0 N–H and O–H groups in total. The fourth-order valence-electron chi connectivity index (χ4n) is 2.09. The molecule has 0 aliphatic heterocycles. The van der Waals surface area contributed by atoms with Crippen LogP contribution in [0.2, 0.25) is 0 Å². The normalized spacial score (nSPS) is 10.5. The number of rotatable bonds is 6. The molecular weight excluding hydrogens is 394 g/mol. The van der Waals surface area contributed by atoms with Crippen LogP contribution < -0.4 is 9.47 Å². The van der Waals surface area contributed by atoms with Crippen molar-refractivity contribution in [2.45, 2.75) is 6.61 Å². The second kappa shape index (κ2) is 7.31. The maximum Gasteiger partial charge on any atom is 0.273 e. The van der Waals surface area contributed by atoms with E-state index < -0.39 is 4.92 Å². The van der Waals surface area contributed by atoms with Crippen LogP contribution in [0.5, 0.6) is 11.5 Å². The number of nitro benzene ring substituents is 1. The molecule has 1 heterocycles. The highest BCUT2D eigenvalue weighted by Crippen LogP contribution is 2.31. The highest BCUT2D eigenvalue weighted by molar-refractivity contribution is 9.10. The van der Waals surface area contributed by atoms with Crippen molar-refractivity contribution < 1.29 is 18.9 Å². The zero-order valence-electron chi connectivity index (χ0n) is 13.0. The molecule has 0 atom stereocenters. The Kier molecular flexibility index (Phi) is 4.94. The molecule has 2 aromatic carbocycles. The first-order valence-electron chi connectivity index (χ1n) is 7.10. The van der Waals surface area contributed by atoms with Gasteiger partial charge in [-0.2, -0.15) is 4.98 Å². The summed E-state index contributed by atoms with van der Waals surface area (Å²) in [5.41, 5.74) is 0.688. The minimum atomic E-state index is -0.510. The number of non-ortho nitro benzene ring substituents is 1. The third-order valence-corrected chi connectivity index (χ3v) is 3.75. The summed E-state index contributed by atoms with van der Waals surface area (Å²) in [6.45, 7) is -0.0431. The summed E-state index contributed by atoms with van der Waals surface area (Å²) in [7, 11) is 1.45. The van der Waals surface area contributed by atoms with Crippen LogP contribution in [-0.2, 0) is 6.61 Å². The lowest BCUT2D eigenvalue weighted by molar-refractivity contribution is -0.385. The van der Waals surface area contributed by atoms with Crippen LogP contribution in [0.3, 0.4) is 0 Å². The highest BCUT2D eigenvalue weighted by Gasteiger charge is 2.15. The van der Waals surface area contributed by atoms with Crippen LogP contribution in [0, 0.1) is 10.1 Å². The maximum atomic E-state index is 10.9. The number of benzene rings is 2. The van der Waals surface area contributed by atoms with Crippen LogP contribution in [0.4, 0.5) is 5.69 Å². The Hall–Kier alpha value is -2.94. The van der Waals surface area contributed by atoms with E-state index in [1.807, 2.05) is 24.3 Å².